The van der Waals surface area contributed by atoms with E-state index in [2.05, 4.69) is 4.74 Å². The number of hydrogen-bond donors (Lipinski definition) is 1. The van der Waals surface area contributed by atoms with Crippen LogP contribution in [0.15, 0.2) is 0 Å². The molecule has 4 nitrogen and oxygen atoms in total. The van der Waals surface area contributed by atoms with Gasteiger partial charge in [0, 0.05) is 0 Å². The Balaban J connectivity index is 4.09. The van der Waals surface area contributed by atoms with Gasteiger partial charge in [-0.15, -0.1) is 0 Å². The molecular weight excluding hydrogens is 160 g/mol. The molecular formula is C8H14O4. The Labute approximate surface area is 71.5 Å². The van der Waals surface area contributed by atoms with Crippen molar-refractivity contribution in [1.82, 2.24) is 0 Å². The molecule has 0 aliphatic carbocycles. The summed E-state index contributed by atoms with van der Waals surface area (Å²) in [5, 5.41) is 8.56. The highest BCUT2D eigenvalue weighted by molar-refractivity contribution is 5.80. The highest BCUT2D eigenvalue weighted by Crippen LogP contribution is 2.12. The van der Waals surface area contributed by atoms with Crippen molar-refractivity contribution in [3.8, 4) is 0 Å². The molecule has 70 valence electrons. The highest BCUT2D eigenvalue weighted by atomic mass is 16.5. The Morgan fingerprint density at radius 1 is 1.33 bits per heavy atom. The van der Waals surface area contributed by atoms with Gasteiger partial charge < -0.3 is 9.84 Å². The van der Waals surface area contributed by atoms with Crippen LogP contribution in [0.3, 0.4) is 0 Å². The van der Waals surface area contributed by atoms with E-state index < -0.39 is 23.8 Å². The number of aliphatic carboxylic acids is 1. The van der Waals surface area contributed by atoms with Gasteiger partial charge in [0.05, 0.1) is 18.4 Å². The minimum Gasteiger partial charge on any atom is -0.481 e. The maximum Gasteiger partial charge on any atom is 0.309 e. The molecule has 0 spiro atoms. The number of ether oxygens (including phenoxy) is 1. The van der Waals surface area contributed by atoms with Gasteiger partial charge in [0.2, 0.25) is 0 Å². The molecule has 1 N–H and O–H groups in total. The Hall–Kier alpha value is -1.06. The predicted octanol–water partition coefficient (Wildman–Crippen LogP) is 0.906. The fraction of sp³-hybridized carbons (Fsp3) is 0.750. The Kier molecular flexibility index (Phi) is 4.33. The molecule has 0 amide bonds. The van der Waals surface area contributed by atoms with Gasteiger partial charge in [-0.3, -0.25) is 9.59 Å². The third kappa shape index (κ3) is 2.90. The number of carboxylic acid groups (broad SMARTS) is 1. The molecule has 0 aromatic rings. The fourth-order valence-electron chi connectivity index (χ4n) is 0.692. The van der Waals surface area contributed by atoms with E-state index in [0.717, 1.165) is 0 Å². The van der Waals surface area contributed by atoms with Crippen molar-refractivity contribution in [3.63, 3.8) is 0 Å². The molecule has 2 atom stereocenters. The molecule has 0 aliphatic rings. The minimum absolute atomic E-state index is 0.287. The molecule has 4 heteroatoms. The molecule has 0 heterocycles. The highest BCUT2D eigenvalue weighted by Gasteiger charge is 2.26. The summed E-state index contributed by atoms with van der Waals surface area (Å²) < 4.78 is 4.67. The summed E-state index contributed by atoms with van der Waals surface area (Å²) in [7, 11) is 0. The summed E-state index contributed by atoms with van der Waals surface area (Å²) in [4.78, 5) is 21.4. The van der Waals surface area contributed by atoms with Gasteiger partial charge in [0.25, 0.3) is 0 Å². The Morgan fingerprint density at radius 3 is 2.17 bits per heavy atom. The molecule has 0 fully saturated rings. The third-order valence-corrected chi connectivity index (χ3v) is 1.80. The van der Waals surface area contributed by atoms with Crippen LogP contribution in [0, 0.1) is 11.8 Å². The van der Waals surface area contributed by atoms with Gasteiger partial charge in [-0.25, -0.2) is 0 Å². The Bertz CT molecular complexity index is 176. The van der Waals surface area contributed by atoms with Crippen molar-refractivity contribution in [2.24, 2.45) is 11.8 Å². The van der Waals surface area contributed by atoms with E-state index in [1.165, 1.54) is 6.92 Å². The Morgan fingerprint density at radius 2 is 1.83 bits per heavy atom. The van der Waals surface area contributed by atoms with Crippen molar-refractivity contribution >= 4 is 11.9 Å². The van der Waals surface area contributed by atoms with Gasteiger partial charge in [-0.1, -0.05) is 13.8 Å². The zero-order valence-corrected chi connectivity index (χ0v) is 7.53. The second kappa shape index (κ2) is 4.74. The first kappa shape index (κ1) is 10.9. The number of carbonyl (C=O) groups excluding carboxylic acids is 1. The maximum atomic E-state index is 11.0. The van der Waals surface area contributed by atoms with E-state index >= 15 is 0 Å². The summed E-state index contributed by atoms with van der Waals surface area (Å²) in [6, 6.07) is 0. The van der Waals surface area contributed by atoms with Crippen LogP contribution in [0.5, 0.6) is 0 Å². The molecule has 0 saturated heterocycles. The van der Waals surface area contributed by atoms with E-state index in [1.807, 2.05) is 0 Å². The second-order valence-corrected chi connectivity index (χ2v) is 2.67. The lowest BCUT2D eigenvalue weighted by Gasteiger charge is -2.13. The predicted molar refractivity (Wildman–Crippen MR) is 42.6 cm³/mol. The van der Waals surface area contributed by atoms with Crippen LogP contribution in [0.4, 0.5) is 0 Å². The van der Waals surface area contributed by atoms with Crippen molar-refractivity contribution in [2.75, 3.05) is 6.61 Å². The van der Waals surface area contributed by atoms with E-state index in [-0.39, 0.29) is 6.61 Å². The second-order valence-electron chi connectivity index (χ2n) is 2.67. The number of rotatable bonds is 4. The molecule has 0 saturated carbocycles. The number of carbonyl (C=O) groups is 2. The third-order valence-electron chi connectivity index (χ3n) is 1.80. The quantitative estimate of drug-likeness (QED) is 0.643. The zero-order chi connectivity index (χ0) is 9.72. The van der Waals surface area contributed by atoms with Crippen LogP contribution >= 0.6 is 0 Å². The van der Waals surface area contributed by atoms with E-state index in [1.54, 1.807) is 13.8 Å². The van der Waals surface area contributed by atoms with Crippen molar-refractivity contribution in [2.45, 2.75) is 20.8 Å². The smallest absolute Gasteiger partial charge is 0.309 e. The lowest BCUT2D eigenvalue weighted by atomic mass is 9.96. The van der Waals surface area contributed by atoms with Crippen LogP contribution in [-0.4, -0.2) is 23.7 Å². The molecule has 12 heavy (non-hydrogen) atoms. The summed E-state index contributed by atoms with van der Waals surface area (Å²) in [5.41, 5.74) is 0. The number of carboxylic acids is 1. The summed E-state index contributed by atoms with van der Waals surface area (Å²) in [5.74, 6) is -2.70. The largest absolute Gasteiger partial charge is 0.481 e. The van der Waals surface area contributed by atoms with Crippen LogP contribution in [-0.2, 0) is 14.3 Å². The van der Waals surface area contributed by atoms with E-state index in [9.17, 15) is 9.59 Å². The first-order valence-electron chi connectivity index (χ1n) is 3.90. The van der Waals surface area contributed by atoms with Crippen LogP contribution in [0.1, 0.15) is 20.8 Å². The summed E-state index contributed by atoms with van der Waals surface area (Å²) in [6.45, 7) is 5.02. The monoisotopic (exact) mass is 174 g/mol. The molecule has 0 aromatic heterocycles. The van der Waals surface area contributed by atoms with Crippen molar-refractivity contribution < 1.29 is 19.4 Å². The number of hydrogen-bond acceptors (Lipinski definition) is 3. The topological polar surface area (TPSA) is 63.6 Å². The van der Waals surface area contributed by atoms with Gasteiger partial charge >= 0.3 is 11.9 Å². The molecule has 0 aromatic carbocycles. The van der Waals surface area contributed by atoms with Gasteiger partial charge in [-0.2, -0.15) is 0 Å². The zero-order valence-electron chi connectivity index (χ0n) is 7.53. The molecule has 0 aliphatic heterocycles. The summed E-state index contributed by atoms with van der Waals surface area (Å²) in [6.07, 6.45) is 0. The number of esters is 1. The van der Waals surface area contributed by atoms with Crippen LogP contribution in [0.2, 0.25) is 0 Å². The average molecular weight is 174 g/mol. The average Bonchev–Trinajstić information content (AvgIpc) is 2.02. The van der Waals surface area contributed by atoms with Crippen molar-refractivity contribution in [3.05, 3.63) is 0 Å². The molecule has 0 rings (SSSR count). The lowest BCUT2D eigenvalue weighted by Crippen LogP contribution is -2.26. The molecule has 0 unspecified atom stereocenters. The van der Waals surface area contributed by atoms with E-state index in [0.29, 0.717) is 0 Å². The first-order chi connectivity index (χ1) is 5.50. The standard InChI is InChI=1S/C8H14O4/c1-4-12-8(11)6(3)5(2)7(9)10/h5-6H,4H2,1-3H3,(H,9,10)/t5-,6-/m1/s1. The first-order valence-corrected chi connectivity index (χ1v) is 3.90. The lowest BCUT2D eigenvalue weighted by molar-refractivity contribution is -0.156. The normalized spacial score (nSPS) is 14.9. The minimum atomic E-state index is -0.976. The van der Waals surface area contributed by atoms with E-state index in [4.69, 9.17) is 5.11 Å². The molecule has 0 radical (unpaired) electrons. The summed E-state index contributed by atoms with van der Waals surface area (Å²) >= 11 is 0. The van der Waals surface area contributed by atoms with Crippen LogP contribution < -0.4 is 0 Å². The van der Waals surface area contributed by atoms with Gasteiger partial charge in [-0.05, 0) is 6.92 Å². The maximum absolute atomic E-state index is 11.0. The van der Waals surface area contributed by atoms with Crippen LogP contribution in [0.25, 0.3) is 0 Å². The fourth-order valence-corrected chi connectivity index (χ4v) is 0.692. The SMILES string of the molecule is CCOC(=O)[C@H](C)[C@@H](C)C(=O)O. The molecule has 0 bridgehead atoms. The van der Waals surface area contributed by atoms with Crippen molar-refractivity contribution in [1.29, 1.82) is 0 Å². The van der Waals surface area contributed by atoms with Gasteiger partial charge in [0.1, 0.15) is 0 Å². The van der Waals surface area contributed by atoms with Gasteiger partial charge in [0.15, 0.2) is 0 Å².